The Morgan fingerprint density at radius 3 is 2.29 bits per heavy atom. The number of rotatable bonds is 14. The first-order valence-corrected chi connectivity index (χ1v) is 11.4. The lowest BCUT2D eigenvalue weighted by Gasteiger charge is -2.07. The van der Waals surface area contributed by atoms with Crippen molar-refractivity contribution in [3.8, 4) is 5.75 Å². The maximum atomic E-state index is 12.1. The third-order valence-electron chi connectivity index (χ3n) is 5.35. The van der Waals surface area contributed by atoms with Crippen molar-refractivity contribution in [1.82, 2.24) is 0 Å². The van der Waals surface area contributed by atoms with Crippen LogP contribution in [0.1, 0.15) is 96.5 Å². The molecule has 3 heteroatoms. The third-order valence-corrected chi connectivity index (χ3v) is 5.35. The molecule has 0 radical (unpaired) electrons. The predicted octanol–water partition coefficient (Wildman–Crippen LogP) is 7.10. The molecule has 0 aliphatic carbocycles. The average Bonchev–Trinajstić information content (AvgIpc) is 3.04. The van der Waals surface area contributed by atoms with Crippen molar-refractivity contribution in [2.45, 2.75) is 97.0 Å². The number of cyclic esters (lactones) is 1. The van der Waals surface area contributed by atoms with E-state index in [9.17, 15) is 4.79 Å². The van der Waals surface area contributed by atoms with Gasteiger partial charge in [0.15, 0.2) is 0 Å². The molecule has 0 amide bonds. The van der Waals surface area contributed by atoms with Crippen LogP contribution in [0.5, 0.6) is 5.75 Å². The van der Waals surface area contributed by atoms with Crippen LogP contribution in [0.3, 0.4) is 0 Å². The lowest BCUT2D eigenvalue weighted by atomic mass is 10.0. The summed E-state index contributed by atoms with van der Waals surface area (Å²) in [5.74, 6) is 0.750. The highest BCUT2D eigenvalue weighted by molar-refractivity contribution is 5.95. The van der Waals surface area contributed by atoms with E-state index < -0.39 is 0 Å². The van der Waals surface area contributed by atoms with E-state index >= 15 is 0 Å². The normalized spacial score (nSPS) is 17.9. The Balaban J connectivity index is 1.69. The summed E-state index contributed by atoms with van der Waals surface area (Å²) in [6, 6.07) is 8.02. The van der Waals surface area contributed by atoms with Gasteiger partial charge in [0.2, 0.25) is 0 Å². The average molecular weight is 387 g/mol. The van der Waals surface area contributed by atoms with Gasteiger partial charge < -0.3 is 9.47 Å². The maximum Gasteiger partial charge on any atom is 0.334 e. The molecular formula is C25H38O3. The van der Waals surface area contributed by atoms with Crippen LogP contribution in [0, 0.1) is 0 Å². The SMILES string of the molecule is CCCCCCCCCOc1ccc(/C=C2/C[C@@H](CCCCC)OC2=O)cc1. The van der Waals surface area contributed by atoms with E-state index in [2.05, 4.69) is 13.8 Å². The quantitative estimate of drug-likeness (QED) is 0.194. The molecule has 28 heavy (non-hydrogen) atoms. The van der Waals surface area contributed by atoms with Crippen molar-refractivity contribution in [1.29, 1.82) is 0 Å². The summed E-state index contributed by atoms with van der Waals surface area (Å²) < 4.78 is 11.3. The summed E-state index contributed by atoms with van der Waals surface area (Å²) >= 11 is 0. The Hall–Kier alpha value is -1.77. The first kappa shape index (κ1) is 22.5. The molecule has 1 aromatic rings. The van der Waals surface area contributed by atoms with Crippen molar-refractivity contribution in [2.24, 2.45) is 0 Å². The van der Waals surface area contributed by atoms with Gasteiger partial charge >= 0.3 is 5.97 Å². The second kappa shape index (κ2) is 13.4. The summed E-state index contributed by atoms with van der Waals surface area (Å²) in [7, 11) is 0. The zero-order chi connectivity index (χ0) is 20.0. The number of carbonyl (C=O) groups excluding carboxylic acids is 1. The Bertz CT molecular complexity index is 588. The number of hydrogen-bond acceptors (Lipinski definition) is 3. The van der Waals surface area contributed by atoms with Crippen LogP contribution in [-0.4, -0.2) is 18.7 Å². The van der Waals surface area contributed by atoms with Gasteiger partial charge in [0.05, 0.1) is 6.61 Å². The molecule has 1 atom stereocenters. The first-order valence-electron chi connectivity index (χ1n) is 11.4. The van der Waals surface area contributed by atoms with Crippen molar-refractivity contribution >= 4 is 12.0 Å². The van der Waals surface area contributed by atoms with Crippen LogP contribution in [-0.2, 0) is 9.53 Å². The predicted molar refractivity (Wildman–Crippen MR) is 117 cm³/mol. The number of unbranched alkanes of at least 4 members (excludes halogenated alkanes) is 8. The molecule has 1 aliphatic heterocycles. The van der Waals surface area contributed by atoms with Gasteiger partial charge in [-0.1, -0.05) is 77.3 Å². The van der Waals surface area contributed by atoms with Gasteiger partial charge in [-0.05, 0) is 43.0 Å². The van der Waals surface area contributed by atoms with E-state index in [0.29, 0.717) is 0 Å². The minimum atomic E-state index is -0.152. The first-order chi connectivity index (χ1) is 13.7. The molecule has 1 aromatic carbocycles. The molecule has 1 heterocycles. The van der Waals surface area contributed by atoms with E-state index in [1.54, 1.807) is 0 Å². The number of benzene rings is 1. The van der Waals surface area contributed by atoms with Crippen molar-refractivity contribution in [3.63, 3.8) is 0 Å². The smallest absolute Gasteiger partial charge is 0.334 e. The van der Waals surface area contributed by atoms with Crippen LogP contribution >= 0.6 is 0 Å². The van der Waals surface area contributed by atoms with Gasteiger partial charge in [-0.15, -0.1) is 0 Å². The maximum absolute atomic E-state index is 12.1. The summed E-state index contributed by atoms with van der Waals surface area (Å²) in [6.07, 6.45) is 16.3. The molecular weight excluding hydrogens is 348 g/mol. The summed E-state index contributed by atoms with van der Waals surface area (Å²) in [4.78, 5) is 12.1. The van der Waals surface area contributed by atoms with Gasteiger partial charge in [0.25, 0.3) is 0 Å². The number of esters is 1. The van der Waals surface area contributed by atoms with Crippen molar-refractivity contribution in [2.75, 3.05) is 6.61 Å². The Kier molecular flexibility index (Phi) is 10.8. The minimum absolute atomic E-state index is 0.0647. The van der Waals surface area contributed by atoms with E-state index in [1.807, 2.05) is 30.3 Å². The Morgan fingerprint density at radius 1 is 0.929 bits per heavy atom. The highest BCUT2D eigenvalue weighted by Gasteiger charge is 2.28. The number of hydrogen-bond donors (Lipinski definition) is 0. The van der Waals surface area contributed by atoms with Gasteiger partial charge in [0, 0.05) is 12.0 Å². The monoisotopic (exact) mass is 386 g/mol. The highest BCUT2D eigenvalue weighted by atomic mass is 16.5. The molecule has 156 valence electrons. The molecule has 1 saturated heterocycles. The highest BCUT2D eigenvalue weighted by Crippen LogP contribution is 2.27. The summed E-state index contributed by atoms with van der Waals surface area (Å²) in [5.41, 5.74) is 1.82. The molecule has 2 rings (SSSR count). The van der Waals surface area contributed by atoms with E-state index in [1.165, 1.54) is 51.4 Å². The third kappa shape index (κ3) is 8.50. The summed E-state index contributed by atoms with van der Waals surface area (Å²) in [6.45, 7) is 5.22. The molecule has 0 bridgehead atoms. The van der Waals surface area contributed by atoms with Crippen molar-refractivity contribution < 1.29 is 14.3 Å². The Labute approximate surface area is 171 Å². The fourth-order valence-corrected chi connectivity index (χ4v) is 3.61. The second-order valence-electron chi connectivity index (χ2n) is 7.94. The zero-order valence-corrected chi connectivity index (χ0v) is 17.9. The van der Waals surface area contributed by atoms with Gasteiger partial charge in [-0.25, -0.2) is 4.79 Å². The lowest BCUT2D eigenvalue weighted by molar-refractivity contribution is -0.139. The van der Waals surface area contributed by atoms with Crippen LogP contribution in [0.2, 0.25) is 0 Å². The minimum Gasteiger partial charge on any atom is -0.494 e. The molecule has 1 fully saturated rings. The zero-order valence-electron chi connectivity index (χ0n) is 17.9. The van der Waals surface area contributed by atoms with Gasteiger partial charge in [0.1, 0.15) is 11.9 Å². The van der Waals surface area contributed by atoms with Crippen molar-refractivity contribution in [3.05, 3.63) is 35.4 Å². The fourth-order valence-electron chi connectivity index (χ4n) is 3.61. The molecule has 0 aromatic heterocycles. The standard InChI is InChI=1S/C25H38O3/c1-3-5-7-8-9-10-12-18-27-23-16-14-21(15-17-23)19-22-20-24(28-25(22)26)13-11-6-4-2/h14-17,19,24H,3-13,18,20H2,1-2H3/b22-19-/t24-/m1/s1. The number of carbonyl (C=O) groups is 1. The van der Waals surface area contributed by atoms with Gasteiger partial charge in [-0.3, -0.25) is 0 Å². The molecule has 0 N–H and O–H groups in total. The Morgan fingerprint density at radius 2 is 1.57 bits per heavy atom. The molecule has 0 unspecified atom stereocenters. The number of ether oxygens (including phenoxy) is 2. The molecule has 3 nitrogen and oxygen atoms in total. The topological polar surface area (TPSA) is 35.5 Å². The second-order valence-corrected chi connectivity index (χ2v) is 7.94. The van der Waals surface area contributed by atoms with E-state index in [4.69, 9.17) is 9.47 Å². The van der Waals surface area contributed by atoms with Crippen LogP contribution in [0.25, 0.3) is 6.08 Å². The fraction of sp³-hybridized carbons (Fsp3) is 0.640. The summed E-state index contributed by atoms with van der Waals surface area (Å²) in [5, 5.41) is 0. The van der Waals surface area contributed by atoms with Crippen LogP contribution in [0.4, 0.5) is 0 Å². The lowest BCUT2D eigenvalue weighted by Crippen LogP contribution is -2.05. The van der Waals surface area contributed by atoms with E-state index in [0.717, 1.165) is 49.2 Å². The van der Waals surface area contributed by atoms with E-state index in [-0.39, 0.29) is 12.1 Å². The van der Waals surface area contributed by atoms with Crippen LogP contribution in [0.15, 0.2) is 29.8 Å². The molecule has 1 aliphatic rings. The largest absolute Gasteiger partial charge is 0.494 e. The van der Waals surface area contributed by atoms with Crippen LogP contribution < -0.4 is 4.74 Å². The molecule has 0 spiro atoms. The van der Waals surface area contributed by atoms with Gasteiger partial charge in [-0.2, -0.15) is 0 Å². The molecule has 0 saturated carbocycles.